The zero-order valence-corrected chi connectivity index (χ0v) is 7.07. The van der Waals surface area contributed by atoms with Crippen LogP contribution in [0.1, 0.15) is 10.4 Å². The van der Waals surface area contributed by atoms with Crippen LogP contribution in [0, 0.1) is 5.95 Å². The molecule has 0 bridgehead atoms. The fourth-order valence-corrected chi connectivity index (χ4v) is 1.23. The number of aromatic nitrogens is 1. The SMILES string of the molecule is O=C(O)c1ccc2nc(F)ccc2c1. The summed E-state index contributed by atoms with van der Waals surface area (Å²) in [6.07, 6.45) is 0. The summed E-state index contributed by atoms with van der Waals surface area (Å²) in [7, 11) is 0. The molecule has 0 atom stereocenters. The van der Waals surface area contributed by atoms with Gasteiger partial charge in [0.1, 0.15) is 0 Å². The largest absolute Gasteiger partial charge is 0.478 e. The molecule has 0 spiro atoms. The fourth-order valence-electron chi connectivity index (χ4n) is 1.23. The van der Waals surface area contributed by atoms with E-state index in [-0.39, 0.29) is 5.56 Å². The van der Waals surface area contributed by atoms with Crippen LogP contribution in [-0.2, 0) is 0 Å². The fraction of sp³-hybridized carbons (Fsp3) is 0. The van der Waals surface area contributed by atoms with Crippen molar-refractivity contribution in [2.24, 2.45) is 0 Å². The Balaban J connectivity index is 2.67. The molecule has 0 saturated heterocycles. The maximum absolute atomic E-state index is 12.7. The van der Waals surface area contributed by atoms with E-state index in [1.54, 1.807) is 0 Å². The molecule has 2 rings (SSSR count). The maximum atomic E-state index is 12.7. The lowest BCUT2D eigenvalue weighted by Crippen LogP contribution is -1.95. The van der Waals surface area contributed by atoms with Crippen molar-refractivity contribution in [1.29, 1.82) is 0 Å². The van der Waals surface area contributed by atoms with Gasteiger partial charge in [0.2, 0.25) is 5.95 Å². The van der Waals surface area contributed by atoms with E-state index >= 15 is 0 Å². The van der Waals surface area contributed by atoms with E-state index in [2.05, 4.69) is 4.98 Å². The molecular formula is C10H6FNO2. The van der Waals surface area contributed by atoms with E-state index in [0.29, 0.717) is 10.9 Å². The van der Waals surface area contributed by atoms with Gasteiger partial charge in [-0.1, -0.05) is 0 Å². The highest BCUT2D eigenvalue weighted by molar-refractivity contribution is 5.93. The van der Waals surface area contributed by atoms with Gasteiger partial charge >= 0.3 is 5.97 Å². The summed E-state index contributed by atoms with van der Waals surface area (Å²) in [5, 5.41) is 9.32. The van der Waals surface area contributed by atoms with Crippen molar-refractivity contribution in [3.63, 3.8) is 0 Å². The average molecular weight is 191 g/mol. The summed E-state index contributed by atoms with van der Waals surface area (Å²) in [5.41, 5.74) is 0.626. The summed E-state index contributed by atoms with van der Waals surface area (Å²) in [6, 6.07) is 7.06. The van der Waals surface area contributed by atoms with Crippen LogP contribution in [0.4, 0.5) is 4.39 Å². The summed E-state index contributed by atoms with van der Waals surface area (Å²) in [4.78, 5) is 14.2. The Hall–Kier alpha value is -1.97. The van der Waals surface area contributed by atoms with Crippen molar-refractivity contribution in [1.82, 2.24) is 4.98 Å². The third-order valence-corrected chi connectivity index (χ3v) is 1.90. The van der Waals surface area contributed by atoms with Crippen LogP contribution < -0.4 is 0 Å². The van der Waals surface area contributed by atoms with Gasteiger partial charge in [-0.05, 0) is 30.3 Å². The Morgan fingerprint density at radius 1 is 1.29 bits per heavy atom. The van der Waals surface area contributed by atoms with Gasteiger partial charge in [0.15, 0.2) is 0 Å². The summed E-state index contributed by atoms with van der Waals surface area (Å²) >= 11 is 0. The zero-order chi connectivity index (χ0) is 10.1. The number of rotatable bonds is 1. The number of carbonyl (C=O) groups is 1. The second-order valence-electron chi connectivity index (χ2n) is 2.85. The molecular weight excluding hydrogens is 185 g/mol. The van der Waals surface area contributed by atoms with Crippen LogP contribution in [0.3, 0.4) is 0 Å². The van der Waals surface area contributed by atoms with E-state index in [9.17, 15) is 9.18 Å². The predicted molar refractivity (Wildman–Crippen MR) is 48.7 cm³/mol. The van der Waals surface area contributed by atoms with Gasteiger partial charge in [-0.3, -0.25) is 0 Å². The highest BCUT2D eigenvalue weighted by atomic mass is 19.1. The molecule has 0 aliphatic rings. The number of hydrogen-bond acceptors (Lipinski definition) is 2. The third-order valence-electron chi connectivity index (χ3n) is 1.90. The number of halogens is 1. The number of pyridine rings is 1. The quantitative estimate of drug-likeness (QED) is 0.702. The average Bonchev–Trinajstić information content (AvgIpc) is 2.16. The minimum atomic E-state index is -1.00. The molecule has 0 fully saturated rings. The molecule has 3 nitrogen and oxygen atoms in total. The number of nitrogens with zero attached hydrogens (tertiary/aromatic N) is 1. The lowest BCUT2D eigenvalue weighted by atomic mass is 10.1. The second-order valence-corrected chi connectivity index (χ2v) is 2.85. The lowest BCUT2D eigenvalue weighted by molar-refractivity contribution is 0.0697. The molecule has 1 N–H and O–H groups in total. The van der Waals surface area contributed by atoms with Gasteiger partial charge in [0.25, 0.3) is 0 Å². The van der Waals surface area contributed by atoms with Crippen molar-refractivity contribution in [3.8, 4) is 0 Å². The first-order chi connectivity index (χ1) is 6.66. The van der Waals surface area contributed by atoms with Crippen molar-refractivity contribution in [2.75, 3.05) is 0 Å². The van der Waals surface area contributed by atoms with Crippen molar-refractivity contribution in [3.05, 3.63) is 41.8 Å². The number of aromatic carboxylic acids is 1. The molecule has 0 aliphatic heterocycles. The van der Waals surface area contributed by atoms with Gasteiger partial charge < -0.3 is 5.11 Å². The Bertz CT molecular complexity index is 510. The predicted octanol–water partition coefficient (Wildman–Crippen LogP) is 2.07. The van der Waals surface area contributed by atoms with Crippen molar-refractivity contribution in [2.45, 2.75) is 0 Å². The molecule has 0 radical (unpaired) electrons. The number of fused-ring (bicyclic) bond motifs is 1. The van der Waals surface area contributed by atoms with Crippen LogP contribution >= 0.6 is 0 Å². The maximum Gasteiger partial charge on any atom is 0.335 e. The van der Waals surface area contributed by atoms with Crippen molar-refractivity contribution >= 4 is 16.9 Å². The zero-order valence-electron chi connectivity index (χ0n) is 7.07. The Morgan fingerprint density at radius 3 is 2.79 bits per heavy atom. The molecule has 70 valence electrons. The number of benzene rings is 1. The third kappa shape index (κ3) is 1.42. The van der Waals surface area contributed by atoms with E-state index < -0.39 is 11.9 Å². The van der Waals surface area contributed by atoms with Crippen LogP contribution in [0.5, 0.6) is 0 Å². The Kier molecular flexibility index (Phi) is 1.89. The van der Waals surface area contributed by atoms with E-state index in [1.165, 1.54) is 30.3 Å². The number of carboxylic acid groups (broad SMARTS) is 1. The normalized spacial score (nSPS) is 10.4. The molecule has 1 aromatic carbocycles. The van der Waals surface area contributed by atoms with E-state index in [1.807, 2.05) is 0 Å². The minimum absolute atomic E-state index is 0.172. The van der Waals surface area contributed by atoms with E-state index in [4.69, 9.17) is 5.11 Å². The molecule has 2 aromatic rings. The topological polar surface area (TPSA) is 50.2 Å². The number of hydrogen-bond donors (Lipinski definition) is 1. The standard InChI is InChI=1S/C10H6FNO2/c11-9-4-2-6-5-7(10(13)14)1-3-8(6)12-9/h1-5H,(H,13,14). The van der Waals surface area contributed by atoms with Gasteiger partial charge in [-0.25, -0.2) is 9.78 Å². The van der Waals surface area contributed by atoms with Crippen LogP contribution in [0.15, 0.2) is 30.3 Å². The minimum Gasteiger partial charge on any atom is -0.478 e. The molecule has 4 heteroatoms. The van der Waals surface area contributed by atoms with Gasteiger partial charge in [0, 0.05) is 5.39 Å². The Morgan fingerprint density at radius 2 is 2.07 bits per heavy atom. The summed E-state index contributed by atoms with van der Waals surface area (Å²) < 4.78 is 12.7. The molecule has 0 amide bonds. The smallest absolute Gasteiger partial charge is 0.335 e. The van der Waals surface area contributed by atoms with Gasteiger partial charge in [-0.15, -0.1) is 0 Å². The molecule has 1 heterocycles. The highest BCUT2D eigenvalue weighted by Crippen LogP contribution is 2.14. The summed E-state index contributed by atoms with van der Waals surface area (Å²) in [5.74, 6) is -1.57. The van der Waals surface area contributed by atoms with Crippen LogP contribution in [-0.4, -0.2) is 16.1 Å². The molecule has 0 aliphatic carbocycles. The number of carboxylic acids is 1. The molecule has 14 heavy (non-hydrogen) atoms. The highest BCUT2D eigenvalue weighted by Gasteiger charge is 2.04. The monoisotopic (exact) mass is 191 g/mol. The first-order valence-electron chi connectivity index (χ1n) is 3.96. The Labute approximate surface area is 78.8 Å². The molecule has 0 unspecified atom stereocenters. The van der Waals surface area contributed by atoms with E-state index in [0.717, 1.165) is 0 Å². The first-order valence-corrected chi connectivity index (χ1v) is 3.96. The first kappa shape index (κ1) is 8.62. The lowest BCUT2D eigenvalue weighted by Gasteiger charge is -1.98. The van der Waals surface area contributed by atoms with Crippen molar-refractivity contribution < 1.29 is 14.3 Å². The van der Waals surface area contributed by atoms with Crippen LogP contribution in [0.2, 0.25) is 0 Å². The molecule has 0 saturated carbocycles. The van der Waals surface area contributed by atoms with Crippen LogP contribution in [0.25, 0.3) is 10.9 Å². The summed E-state index contributed by atoms with van der Waals surface area (Å²) in [6.45, 7) is 0. The molecule has 1 aromatic heterocycles. The van der Waals surface area contributed by atoms with Gasteiger partial charge in [-0.2, -0.15) is 4.39 Å². The van der Waals surface area contributed by atoms with Gasteiger partial charge in [0.05, 0.1) is 11.1 Å². The second kappa shape index (κ2) is 3.06.